The highest BCUT2D eigenvalue weighted by Crippen LogP contribution is 2.01. The van der Waals surface area contributed by atoms with Crippen molar-refractivity contribution in [3.05, 3.63) is 25.9 Å². The summed E-state index contributed by atoms with van der Waals surface area (Å²) in [5, 5.41) is 0. The third kappa shape index (κ3) is 3.30. The minimum absolute atomic E-state index is 0.0808. The predicted octanol–water partition coefficient (Wildman–Crippen LogP) is 0.404. The van der Waals surface area contributed by atoms with E-state index in [1.54, 1.807) is 10.8 Å². The van der Waals surface area contributed by atoms with Crippen molar-refractivity contribution in [2.45, 2.75) is 13.5 Å². The Balaban J connectivity index is 1.98. The lowest BCUT2D eigenvalue weighted by molar-refractivity contribution is 0.149. The second-order valence-electron chi connectivity index (χ2n) is 4.76. The van der Waals surface area contributed by atoms with E-state index in [4.69, 9.17) is 0 Å². The van der Waals surface area contributed by atoms with Gasteiger partial charge in [-0.1, -0.05) is 0 Å². The van der Waals surface area contributed by atoms with Crippen LogP contribution >= 0.6 is 22.6 Å². The van der Waals surface area contributed by atoms with Gasteiger partial charge >= 0.3 is 0 Å². The van der Waals surface area contributed by atoms with Crippen molar-refractivity contribution in [3.63, 3.8) is 0 Å². The zero-order valence-electron chi connectivity index (χ0n) is 10.9. The van der Waals surface area contributed by atoms with Crippen molar-refractivity contribution in [2.75, 3.05) is 39.8 Å². The van der Waals surface area contributed by atoms with E-state index in [-0.39, 0.29) is 5.56 Å². The van der Waals surface area contributed by atoms with Crippen LogP contribution in [0.1, 0.15) is 5.82 Å². The zero-order chi connectivity index (χ0) is 13.1. The van der Waals surface area contributed by atoms with Crippen LogP contribution < -0.4 is 5.56 Å². The summed E-state index contributed by atoms with van der Waals surface area (Å²) in [7, 11) is 2.15. The minimum Gasteiger partial charge on any atom is -0.304 e. The lowest BCUT2D eigenvalue weighted by Gasteiger charge is -2.32. The summed E-state index contributed by atoms with van der Waals surface area (Å²) in [5.74, 6) is 0.801. The van der Waals surface area contributed by atoms with E-state index in [0.29, 0.717) is 3.57 Å². The van der Waals surface area contributed by atoms with Crippen molar-refractivity contribution in [1.82, 2.24) is 19.4 Å². The number of hydrogen-bond acceptors (Lipinski definition) is 4. The molecule has 0 unspecified atom stereocenters. The van der Waals surface area contributed by atoms with Crippen LogP contribution in [0.5, 0.6) is 0 Å². The molecule has 0 bridgehead atoms. The van der Waals surface area contributed by atoms with Gasteiger partial charge in [-0.2, -0.15) is 0 Å². The maximum atomic E-state index is 12.0. The molecule has 0 aliphatic carbocycles. The van der Waals surface area contributed by atoms with Gasteiger partial charge in [-0.15, -0.1) is 0 Å². The molecule has 0 saturated carbocycles. The highest BCUT2D eigenvalue weighted by Gasteiger charge is 2.14. The summed E-state index contributed by atoms with van der Waals surface area (Å²) >= 11 is 2.05. The summed E-state index contributed by atoms with van der Waals surface area (Å²) in [6.45, 7) is 7.94. The van der Waals surface area contributed by atoms with Crippen molar-refractivity contribution in [1.29, 1.82) is 0 Å². The monoisotopic (exact) mass is 362 g/mol. The lowest BCUT2D eigenvalue weighted by Crippen LogP contribution is -2.46. The van der Waals surface area contributed by atoms with E-state index in [9.17, 15) is 4.79 Å². The standard InChI is InChI=1S/C12H19IN4O/c1-10-14-9-11(13)12(18)17(10)8-7-16-5-3-15(2)4-6-16/h9H,3-8H2,1-2H3. The van der Waals surface area contributed by atoms with Crippen molar-refractivity contribution in [3.8, 4) is 0 Å². The van der Waals surface area contributed by atoms with Crippen LogP contribution in [0, 0.1) is 10.5 Å². The van der Waals surface area contributed by atoms with E-state index in [1.807, 2.05) is 29.5 Å². The van der Waals surface area contributed by atoms with Crippen LogP contribution in [-0.2, 0) is 6.54 Å². The van der Waals surface area contributed by atoms with Gasteiger partial charge in [0.15, 0.2) is 0 Å². The van der Waals surface area contributed by atoms with Gasteiger partial charge in [0.1, 0.15) is 5.82 Å². The van der Waals surface area contributed by atoms with Crippen LogP contribution in [-0.4, -0.2) is 59.1 Å². The van der Waals surface area contributed by atoms with Crippen molar-refractivity contribution < 1.29 is 0 Å². The zero-order valence-corrected chi connectivity index (χ0v) is 13.1. The topological polar surface area (TPSA) is 41.4 Å². The fourth-order valence-corrected chi connectivity index (χ4v) is 2.56. The van der Waals surface area contributed by atoms with Gasteiger partial charge in [-0.3, -0.25) is 14.3 Å². The molecular weight excluding hydrogens is 343 g/mol. The highest BCUT2D eigenvalue weighted by molar-refractivity contribution is 14.1. The molecule has 1 fully saturated rings. The summed E-state index contributed by atoms with van der Waals surface area (Å²) in [5.41, 5.74) is 0.0808. The molecule has 5 nitrogen and oxygen atoms in total. The molecule has 2 rings (SSSR count). The predicted molar refractivity (Wildman–Crippen MR) is 79.9 cm³/mol. The van der Waals surface area contributed by atoms with Gasteiger partial charge in [-0.05, 0) is 36.6 Å². The third-order valence-corrected chi connectivity index (χ3v) is 4.18. The van der Waals surface area contributed by atoms with Gasteiger partial charge < -0.3 is 4.90 Å². The summed E-state index contributed by atoms with van der Waals surface area (Å²) in [4.78, 5) is 21.0. The fourth-order valence-electron chi connectivity index (χ4n) is 2.13. The molecule has 100 valence electrons. The second-order valence-corrected chi connectivity index (χ2v) is 5.92. The maximum Gasteiger partial charge on any atom is 0.266 e. The first-order chi connectivity index (χ1) is 8.58. The first-order valence-electron chi connectivity index (χ1n) is 6.21. The summed E-state index contributed by atoms with van der Waals surface area (Å²) in [6, 6.07) is 0. The molecule has 1 aromatic rings. The fraction of sp³-hybridized carbons (Fsp3) is 0.667. The number of aryl methyl sites for hydroxylation is 1. The van der Waals surface area contributed by atoms with Gasteiger partial charge in [0, 0.05) is 45.5 Å². The van der Waals surface area contributed by atoms with E-state index >= 15 is 0 Å². The Hall–Kier alpha value is -0.470. The van der Waals surface area contributed by atoms with Crippen LogP contribution in [0.4, 0.5) is 0 Å². The molecule has 0 N–H and O–H groups in total. The lowest BCUT2D eigenvalue weighted by atomic mass is 10.3. The molecule has 18 heavy (non-hydrogen) atoms. The molecular formula is C12H19IN4O. The molecule has 0 amide bonds. The maximum absolute atomic E-state index is 12.0. The number of rotatable bonds is 3. The Labute approximate surface area is 121 Å². The molecule has 1 aromatic heterocycles. The highest BCUT2D eigenvalue weighted by atomic mass is 127. The number of halogens is 1. The van der Waals surface area contributed by atoms with E-state index < -0.39 is 0 Å². The molecule has 1 aliphatic heterocycles. The molecule has 0 radical (unpaired) electrons. The molecule has 1 saturated heterocycles. The van der Waals surface area contributed by atoms with Crippen molar-refractivity contribution in [2.24, 2.45) is 0 Å². The molecule has 1 aliphatic rings. The van der Waals surface area contributed by atoms with Gasteiger partial charge in [0.2, 0.25) is 0 Å². The molecule has 0 spiro atoms. The average Bonchev–Trinajstić information content (AvgIpc) is 2.36. The smallest absolute Gasteiger partial charge is 0.266 e. The Morgan fingerprint density at radius 1 is 1.28 bits per heavy atom. The summed E-state index contributed by atoms with van der Waals surface area (Å²) < 4.78 is 2.47. The Morgan fingerprint density at radius 3 is 2.61 bits per heavy atom. The Kier molecular flexibility index (Phi) is 4.74. The van der Waals surface area contributed by atoms with Crippen molar-refractivity contribution >= 4 is 22.6 Å². The Bertz CT molecular complexity index is 466. The van der Waals surface area contributed by atoms with E-state index in [1.165, 1.54) is 0 Å². The molecule has 2 heterocycles. The normalized spacial score (nSPS) is 18.2. The van der Waals surface area contributed by atoms with Crippen LogP contribution in [0.2, 0.25) is 0 Å². The van der Waals surface area contributed by atoms with Gasteiger partial charge in [0.25, 0.3) is 5.56 Å². The second kappa shape index (κ2) is 6.12. The summed E-state index contributed by atoms with van der Waals surface area (Å²) in [6.07, 6.45) is 1.64. The van der Waals surface area contributed by atoms with Crippen LogP contribution in [0.3, 0.4) is 0 Å². The molecule has 0 aromatic carbocycles. The number of likely N-dealkylation sites (N-methyl/N-ethyl adjacent to an activating group) is 1. The van der Waals surface area contributed by atoms with Crippen LogP contribution in [0.15, 0.2) is 11.0 Å². The van der Waals surface area contributed by atoms with Crippen LogP contribution in [0.25, 0.3) is 0 Å². The van der Waals surface area contributed by atoms with Gasteiger partial charge in [0.05, 0.1) is 3.57 Å². The largest absolute Gasteiger partial charge is 0.304 e. The number of aromatic nitrogens is 2. The molecule has 6 heteroatoms. The van der Waals surface area contributed by atoms with E-state index in [2.05, 4.69) is 21.8 Å². The average molecular weight is 362 g/mol. The minimum atomic E-state index is 0.0808. The SMILES string of the molecule is Cc1ncc(I)c(=O)n1CCN1CCN(C)CC1. The van der Waals surface area contributed by atoms with Gasteiger partial charge in [-0.25, -0.2) is 4.98 Å². The number of piperazine rings is 1. The number of hydrogen-bond donors (Lipinski definition) is 0. The quantitative estimate of drug-likeness (QED) is 0.731. The first-order valence-corrected chi connectivity index (χ1v) is 7.28. The molecule has 0 atom stereocenters. The first kappa shape index (κ1) is 14.0. The number of nitrogens with zero attached hydrogens (tertiary/aromatic N) is 4. The Morgan fingerprint density at radius 2 is 1.94 bits per heavy atom. The third-order valence-electron chi connectivity index (χ3n) is 3.44. The van der Waals surface area contributed by atoms with E-state index in [0.717, 1.165) is 45.1 Å².